The first-order valence-electron chi connectivity index (χ1n) is 7.61. The first-order chi connectivity index (χ1) is 10.3. The van der Waals surface area contributed by atoms with E-state index in [1.54, 1.807) is 18.9 Å². The Balaban J connectivity index is 2.69. The number of hydrogen-bond donors (Lipinski definition) is 2. The molecule has 2 N–H and O–H groups in total. The number of carbonyl (C=O) groups excluding carboxylic acids is 2. The van der Waals surface area contributed by atoms with E-state index in [-0.39, 0.29) is 24.4 Å². The molecule has 1 rings (SSSR count). The lowest BCUT2D eigenvalue weighted by Crippen LogP contribution is -2.45. The maximum Gasteiger partial charge on any atom is 0.238 e. The van der Waals surface area contributed by atoms with E-state index in [2.05, 4.69) is 10.6 Å². The van der Waals surface area contributed by atoms with E-state index < -0.39 is 0 Å². The van der Waals surface area contributed by atoms with Gasteiger partial charge in [0.05, 0.1) is 12.6 Å². The number of aryl methyl sites for hydroxylation is 3. The molecule has 0 bridgehead atoms. The Morgan fingerprint density at radius 3 is 2.23 bits per heavy atom. The van der Waals surface area contributed by atoms with E-state index in [1.165, 1.54) is 5.56 Å². The fraction of sp³-hybridized carbons (Fsp3) is 0.529. The van der Waals surface area contributed by atoms with Crippen molar-refractivity contribution < 1.29 is 9.59 Å². The molecule has 0 aliphatic carbocycles. The molecule has 0 radical (unpaired) electrons. The maximum atomic E-state index is 12.2. The predicted octanol–water partition coefficient (Wildman–Crippen LogP) is 2.01. The summed E-state index contributed by atoms with van der Waals surface area (Å²) in [7, 11) is 1.77. The molecule has 1 aromatic rings. The molecular formula is C17H27N3O2. The minimum absolute atomic E-state index is 0.0690. The number of rotatable bonds is 6. The first-order valence-corrected chi connectivity index (χ1v) is 7.61. The monoisotopic (exact) mass is 305 g/mol. The van der Waals surface area contributed by atoms with E-state index in [0.717, 1.165) is 16.8 Å². The minimum atomic E-state index is -0.342. The lowest BCUT2D eigenvalue weighted by molar-refractivity contribution is -0.126. The van der Waals surface area contributed by atoms with Gasteiger partial charge < -0.3 is 10.6 Å². The number of nitrogens with zero attached hydrogens (tertiary/aromatic N) is 1. The predicted molar refractivity (Wildman–Crippen MR) is 90.1 cm³/mol. The van der Waals surface area contributed by atoms with Crippen molar-refractivity contribution in [3.05, 3.63) is 28.8 Å². The van der Waals surface area contributed by atoms with Crippen LogP contribution in [0.1, 0.15) is 30.5 Å². The summed E-state index contributed by atoms with van der Waals surface area (Å²) in [4.78, 5) is 25.7. The second kappa shape index (κ2) is 7.94. The Bertz CT molecular complexity index is 532. The van der Waals surface area contributed by atoms with Crippen LogP contribution in [0.5, 0.6) is 0 Å². The van der Waals surface area contributed by atoms with Gasteiger partial charge >= 0.3 is 0 Å². The molecule has 5 nitrogen and oxygen atoms in total. The highest BCUT2D eigenvalue weighted by atomic mass is 16.2. The fourth-order valence-electron chi connectivity index (χ4n) is 2.44. The number of likely N-dealkylation sites (N-methyl/N-ethyl adjacent to an activating group) is 2. The zero-order chi connectivity index (χ0) is 16.9. The fourth-order valence-corrected chi connectivity index (χ4v) is 2.44. The highest BCUT2D eigenvalue weighted by molar-refractivity contribution is 5.94. The van der Waals surface area contributed by atoms with Crippen molar-refractivity contribution in [3.63, 3.8) is 0 Å². The average Bonchev–Trinajstić information content (AvgIpc) is 2.42. The van der Waals surface area contributed by atoms with Crippen molar-refractivity contribution in [1.29, 1.82) is 0 Å². The van der Waals surface area contributed by atoms with Crippen LogP contribution < -0.4 is 10.6 Å². The molecule has 5 heteroatoms. The van der Waals surface area contributed by atoms with Crippen LogP contribution in [-0.2, 0) is 9.59 Å². The molecule has 0 fully saturated rings. The van der Waals surface area contributed by atoms with Gasteiger partial charge in [0.15, 0.2) is 0 Å². The number of nitrogens with one attached hydrogen (secondary N) is 2. The topological polar surface area (TPSA) is 61.4 Å². The quantitative estimate of drug-likeness (QED) is 0.845. The Morgan fingerprint density at radius 2 is 1.73 bits per heavy atom. The average molecular weight is 305 g/mol. The van der Waals surface area contributed by atoms with Crippen molar-refractivity contribution in [2.24, 2.45) is 0 Å². The van der Waals surface area contributed by atoms with E-state index in [1.807, 2.05) is 39.8 Å². The number of hydrogen-bond acceptors (Lipinski definition) is 3. The lowest BCUT2D eigenvalue weighted by Gasteiger charge is -2.23. The summed E-state index contributed by atoms with van der Waals surface area (Å²) >= 11 is 0. The molecule has 1 aromatic carbocycles. The summed E-state index contributed by atoms with van der Waals surface area (Å²) < 4.78 is 0. The van der Waals surface area contributed by atoms with Crippen molar-refractivity contribution >= 4 is 17.5 Å². The molecule has 1 atom stereocenters. The largest absolute Gasteiger partial charge is 0.355 e. The first kappa shape index (κ1) is 18.2. The van der Waals surface area contributed by atoms with Crippen LogP contribution in [0, 0.1) is 20.8 Å². The normalized spacial score (nSPS) is 12.1. The molecule has 122 valence electrons. The van der Waals surface area contributed by atoms with Gasteiger partial charge in [-0.2, -0.15) is 0 Å². The number of carbonyl (C=O) groups is 2. The van der Waals surface area contributed by atoms with Gasteiger partial charge in [-0.05, 0) is 52.8 Å². The standard InChI is InChI=1S/C17H27N3O2/c1-7-18-17(22)14(5)20(6)10-15(21)19-16-12(3)8-11(2)9-13(16)4/h8-9,14H,7,10H2,1-6H3,(H,18,22)(H,19,21)/t14-/m0/s1. The molecule has 0 spiro atoms. The SMILES string of the molecule is CCNC(=O)[C@H](C)N(C)CC(=O)Nc1c(C)cc(C)cc1C. The molecule has 0 saturated heterocycles. The molecular weight excluding hydrogens is 278 g/mol. The Kier molecular flexibility index (Phi) is 6.56. The van der Waals surface area contributed by atoms with Crippen molar-refractivity contribution in [2.75, 3.05) is 25.5 Å². The number of benzene rings is 1. The molecule has 22 heavy (non-hydrogen) atoms. The van der Waals surface area contributed by atoms with Gasteiger partial charge in [-0.3, -0.25) is 14.5 Å². The Hall–Kier alpha value is -1.88. The summed E-state index contributed by atoms with van der Waals surface area (Å²) in [6.07, 6.45) is 0. The van der Waals surface area contributed by atoms with Crippen LogP contribution in [0.2, 0.25) is 0 Å². The van der Waals surface area contributed by atoms with Gasteiger partial charge in [0.25, 0.3) is 0 Å². The molecule has 2 amide bonds. The van der Waals surface area contributed by atoms with E-state index in [9.17, 15) is 9.59 Å². The van der Waals surface area contributed by atoms with Crippen molar-refractivity contribution in [2.45, 2.75) is 40.7 Å². The summed E-state index contributed by atoms with van der Waals surface area (Å²) in [6.45, 7) is 10.4. The second-order valence-electron chi connectivity index (χ2n) is 5.81. The zero-order valence-electron chi connectivity index (χ0n) is 14.4. The van der Waals surface area contributed by atoms with Crippen LogP contribution in [-0.4, -0.2) is 42.9 Å². The highest BCUT2D eigenvalue weighted by Crippen LogP contribution is 2.21. The van der Waals surface area contributed by atoms with Crippen molar-refractivity contribution in [3.8, 4) is 0 Å². The Morgan fingerprint density at radius 1 is 1.18 bits per heavy atom. The van der Waals surface area contributed by atoms with Crippen LogP contribution >= 0.6 is 0 Å². The maximum absolute atomic E-state index is 12.2. The lowest BCUT2D eigenvalue weighted by atomic mass is 10.1. The molecule has 0 aliphatic rings. The van der Waals surface area contributed by atoms with E-state index >= 15 is 0 Å². The second-order valence-corrected chi connectivity index (χ2v) is 5.81. The highest BCUT2D eigenvalue weighted by Gasteiger charge is 2.20. The summed E-state index contributed by atoms with van der Waals surface area (Å²) in [5, 5.41) is 5.71. The summed E-state index contributed by atoms with van der Waals surface area (Å²) in [6, 6.07) is 3.75. The summed E-state index contributed by atoms with van der Waals surface area (Å²) in [5.74, 6) is -0.186. The van der Waals surface area contributed by atoms with Gasteiger partial charge in [0, 0.05) is 12.2 Å². The van der Waals surface area contributed by atoms with Crippen LogP contribution in [0.25, 0.3) is 0 Å². The van der Waals surface area contributed by atoms with Gasteiger partial charge in [-0.1, -0.05) is 17.7 Å². The molecule has 0 aromatic heterocycles. The third-order valence-electron chi connectivity index (χ3n) is 3.73. The van der Waals surface area contributed by atoms with Gasteiger partial charge in [0.1, 0.15) is 0 Å². The Labute approximate surface area is 133 Å². The molecule has 0 saturated carbocycles. The zero-order valence-corrected chi connectivity index (χ0v) is 14.4. The van der Waals surface area contributed by atoms with Gasteiger partial charge in [0.2, 0.25) is 11.8 Å². The van der Waals surface area contributed by atoms with Crippen LogP contribution in [0.3, 0.4) is 0 Å². The third kappa shape index (κ3) is 4.84. The number of anilines is 1. The number of amides is 2. The van der Waals surface area contributed by atoms with Gasteiger partial charge in [-0.25, -0.2) is 0 Å². The van der Waals surface area contributed by atoms with Gasteiger partial charge in [-0.15, -0.1) is 0 Å². The minimum Gasteiger partial charge on any atom is -0.355 e. The molecule has 0 aliphatic heterocycles. The molecule has 0 heterocycles. The summed E-state index contributed by atoms with van der Waals surface area (Å²) in [5.41, 5.74) is 4.13. The van der Waals surface area contributed by atoms with Crippen LogP contribution in [0.4, 0.5) is 5.69 Å². The van der Waals surface area contributed by atoms with E-state index in [4.69, 9.17) is 0 Å². The smallest absolute Gasteiger partial charge is 0.238 e. The van der Waals surface area contributed by atoms with Crippen LogP contribution in [0.15, 0.2) is 12.1 Å². The molecule has 0 unspecified atom stereocenters. The van der Waals surface area contributed by atoms with Crippen molar-refractivity contribution in [1.82, 2.24) is 10.2 Å². The third-order valence-corrected chi connectivity index (χ3v) is 3.73. The van der Waals surface area contributed by atoms with E-state index in [0.29, 0.717) is 6.54 Å².